The third-order valence-corrected chi connectivity index (χ3v) is 4.28. The molecule has 0 spiro atoms. The standard InChI is InChI=1S/C18H21N3O4/c1-2-25-12-13-8-9-20(11-13)17(22)15-10-16(18(23)24)21(19-15)14-6-4-3-5-7-14/h3-7,10,13H,2,8-9,11-12H2,1H3,(H,23,24). The minimum absolute atomic E-state index is 0.0281. The van der Waals surface area contributed by atoms with Crippen molar-refractivity contribution in [3.63, 3.8) is 0 Å². The van der Waals surface area contributed by atoms with Crippen LogP contribution in [0.15, 0.2) is 36.4 Å². The van der Waals surface area contributed by atoms with Gasteiger partial charge in [0.05, 0.1) is 12.3 Å². The third-order valence-electron chi connectivity index (χ3n) is 4.28. The Morgan fingerprint density at radius 2 is 2.08 bits per heavy atom. The van der Waals surface area contributed by atoms with Crippen molar-refractivity contribution in [2.24, 2.45) is 5.92 Å². The number of rotatable bonds is 6. The number of benzene rings is 1. The first-order valence-electron chi connectivity index (χ1n) is 8.36. The number of nitrogens with zero attached hydrogens (tertiary/aromatic N) is 3. The van der Waals surface area contributed by atoms with Crippen molar-refractivity contribution >= 4 is 11.9 Å². The van der Waals surface area contributed by atoms with Crippen LogP contribution < -0.4 is 0 Å². The predicted octanol–water partition coefficient (Wildman–Crippen LogP) is 2.07. The molecule has 7 nitrogen and oxygen atoms in total. The van der Waals surface area contributed by atoms with Crippen molar-refractivity contribution in [2.45, 2.75) is 13.3 Å². The fourth-order valence-electron chi connectivity index (χ4n) is 3.00. The highest BCUT2D eigenvalue weighted by Gasteiger charge is 2.29. The van der Waals surface area contributed by atoms with E-state index in [0.717, 1.165) is 6.42 Å². The molecule has 1 amide bonds. The number of hydrogen-bond donors (Lipinski definition) is 1. The van der Waals surface area contributed by atoms with E-state index in [1.54, 1.807) is 29.2 Å². The van der Waals surface area contributed by atoms with Crippen molar-refractivity contribution in [3.8, 4) is 5.69 Å². The summed E-state index contributed by atoms with van der Waals surface area (Å²) < 4.78 is 6.72. The number of hydrogen-bond acceptors (Lipinski definition) is 4. The molecule has 1 aliphatic rings. The van der Waals surface area contributed by atoms with E-state index in [1.807, 2.05) is 13.0 Å². The molecule has 1 saturated heterocycles. The highest BCUT2D eigenvalue weighted by molar-refractivity contribution is 5.96. The van der Waals surface area contributed by atoms with Gasteiger partial charge in [0.1, 0.15) is 0 Å². The monoisotopic (exact) mass is 343 g/mol. The van der Waals surface area contributed by atoms with E-state index in [1.165, 1.54) is 10.7 Å². The van der Waals surface area contributed by atoms with E-state index >= 15 is 0 Å². The number of aromatic carboxylic acids is 1. The van der Waals surface area contributed by atoms with Crippen molar-refractivity contribution in [2.75, 3.05) is 26.3 Å². The second-order valence-electron chi connectivity index (χ2n) is 6.03. The van der Waals surface area contributed by atoms with Crippen LogP contribution in [0.25, 0.3) is 5.69 Å². The number of likely N-dealkylation sites (tertiary alicyclic amines) is 1. The molecule has 1 atom stereocenters. The lowest BCUT2D eigenvalue weighted by Gasteiger charge is -2.15. The van der Waals surface area contributed by atoms with Crippen LogP contribution in [-0.2, 0) is 4.74 Å². The summed E-state index contributed by atoms with van der Waals surface area (Å²) in [5.41, 5.74) is 0.729. The second kappa shape index (κ2) is 7.48. The van der Waals surface area contributed by atoms with Crippen molar-refractivity contribution in [1.82, 2.24) is 14.7 Å². The Morgan fingerprint density at radius 1 is 1.32 bits per heavy atom. The Hall–Kier alpha value is -2.67. The number of amides is 1. The van der Waals surface area contributed by atoms with Gasteiger partial charge in [0.2, 0.25) is 0 Å². The van der Waals surface area contributed by atoms with Gasteiger partial charge in [-0.15, -0.1) is 0 Å². The Kier molecular flexibility index (Phi) is 5.14. The molecule has 1 aromatic carbocycles. The number of para-hydroxylation sites is 1. The maximum absolute atomic E-state index is 12.7. The van der Waals surface area contributed by atoms with Gasteiger partial charge in [-0.3, -0.25) is 4.79 Å². The lowest BCUT2D eigenvalue weighted by Crippen LogP contribution is -2.29. The average molecular weight is 343 g/mol. The van der Waals surface area contributed by atoms with Crippen LogP contribution in [0.2, 0.25) is 0 Å². The molecule has 2 heterocycles. The lowest BCUT2D eigenvalue weighted by molar-refractivity contribution is 0.0686. The molecule has 1 aliphatic heterocycles. The van der Waals surface area contributed by atoms with Gasteiger partial charge >= 0.3 is 5.97 Å². The smallest absolute Gasteiger partial charge is 0.354 e. The Balaban J connectivity index is 1.81. The number of carboxylic acids is 1. The van der Waals surface area contributed by atoms with Crippen LogP contribution in [0.3, 0.4) is 0 Å². The van der Waals surface area contributed by atoms with Crippen LogP contribution in [0.1, 0.15) is 34.3 Å². The molecule has 2 aromatic rings. The molecule has 3 rings (SSSR count). The molecule has 7 heteroatoms. The summed E-state index contributed by atoms with van der Waals surface area (Å²) in [6.07, 6.45) is 0.886. The fraction of sp³-hybridized carbons (Fsp3) is 0.389. The van der Waals surface area contributed by atoms with Gasteiger partial charge in [0.15, 0.2) is 11.4 Å². The van der Waals surface area contributed by atoms with E-state index in [-0.39, 0.29) is 17.3 Å². The number of aromatic nitrogens is 2. The van der Waals surface area contributed by atoms with E-state index in [0.29, 0.717) is 37.9 Å². The summed E-state index contributed by atoms with van der Waals surface area (Å²) in [7, 11) is 0. The maximum Gasteiger partial charge on any atom is 0.354 e. The van der Waals surface area contributed by atoms with Crippen molar-refractivity contribution in [3.05, 3.63) is 47.8 Å². The van der Waals surface area contributed by atoms with Gasteiger partial charge in [-0.05, 0) is 25.5 Å². The van der Waals surface area contributed by atoms with E-state index in [9.17, 15) is 14.7 Å². The van der Waals surface area contributed by atoms with Gasteiger partial charge in [-0.1, -0.05) is 18.2 Å². The summed E-state index contributed by atoms with van der Waals surface area (Å²) in [5, 5.41) is 13.7. The van der Waals surface area contributed by atoms with Gasteiger partial charge in [-0.25, -0.2) is 9.48 Å². The highest BCUT2D eigenvalue weighted by Crippen LogP contribution is 2.20. The Bertz CT molecular complexity index is 757. The predicted molar refractivity (Wildman–Crippen MR) is 91.0 cm³/mol. The van der Waals surface area contributed by atoms with E-state index < -0.39 is 5.97 Å². The first-order valence-corrected chi connectivity index (χ1v) is 8.36. The molecule has 132 valence electrons. The quantitative estimate of drug-likeness (QED) is 0.868. The molecule has 0 aliphatic carbocycles. The zero-order valence-corrected chi connectivity index (χ0v) is 14.1. The van der Waals surface area contributed by atoms with Crippen LogP contribution in [0, 0.1) is 5.92 Å². The number of carbonyl (C=O) groups is 2. The Labute approximate surface area is 145 Å². The van der Waals surface area contributed by atoms with Gasteiger partial charge in [0.25, 0.3) is 5.91 Å². The van der Waals surface area contributed by atoms with E-state index in [4.69, 9.17) is 4.74 Å². The van der Waals surface area contributed by atoms with Gasteiger partial charge < -0.3 is 14.7 Å². The van der Waals surface area contributed by atoms with Gasteiger partial charge in [0, 0.05) is 31.7 Å². The third kappa shape index (κ3) is 3.71. The lowest BCUT2D eigenvalue weighted by atomic mass is 10.1. The fourth-order valence-corrected chi connectivity index (χ4v) is 3.00. The zero-order chi connectivity index (χ0) is 17.8. The normalized spacial score (nSPS) is 17.0. The summed E-state index contributed by atoms with van der Waals surface area (Å²) in [6.45, 7) is 4.49. The SMILES string of the molecule is CCOCC1CCN(C(=O)c2cc(C(=O)O)n(-c3ccccc3)n2)C1. The molecular formula is C18H21N3O4. The molecule has 0 saturated carbocycles. The highest BCUT2D eigenvalue weighted by atomic mass is 16.5. The largest absolute Gasteiger partial charge is 0.477 e. The second-order valence-corrected chi connectivity index (χ2v) is 6.03. The van der Waals surface area contributed by atoms with Gasteiger partial charge in [-0.2, -0.15) is 5.10 Å². The van der Waals surface area contributed by atoms with Crippen LogP contribution >= 0.6 is 0 Å². The van der Waals surface area contributed by atoms with Crippen molar-refractivity contribution in [1.29, 1.82) is 0 Å². The number of carboxylic acid groups (broad SMARTS) is 1. The molecule has 1 fully saturated rings. The average Bonchev–Trinajstić information content (AvgIpc) is 3.27. The molecule has 1 unspecified atom stereocenters. The molecular weight excluding hydrogens is 322 g/mol. The van der Waals surface area contributed by atoms with Crippen LogP contribution in [0.5, 0.6) is 0 Å². The first kappa shape index (κ1) is 17.2. The molecule has 1 N–H and O–H groups in total. The number of carbonyl (C=O) groups excluding carboxylic acids is 1. The molecule has 0 radical (unpaired) electrons. The van der Waals surface area contributed by atoms with Crippen LogP contribution in [-0.4, -0.2) is 58.0 Å². The maximum atomic E-state index is 12.7. The Morgan fingerprint density at radius 3 is 2.76 bits per heavy atom. The van der Waals surface area contributed by atoms with Crippen molar-refractivity contribution < 1.29 is 19.4 Å². The number of ether oxygens (including phenoxy) is 1. The molecule has 0 bridgehead atoms. The minimum Gasteiger partial charge on any atom is -0.477 e. The summed E-state index contributed by atoms with van der Waals surface area (Å²) in [5.74, 6) is -1.04. The topological polar surface area (TPSA) is 84.7 Å². The first-order chi connectivity index (χ1) is 12.1. The van der Waals surface area contributed by atoms with E-state index in [2.05, 4.69) is 5.10 Å². The van der Waals surface area contributed by atoms with Crippen LogP contribution in [0.4, 0.5) is 0 Å². The zero-order valence-electron chi connectivity index (χ0n) is 14.1. The summed E-state index contributed by atoms with van der Waals surface area (Å²) in [6, 6.07) is 10.3. The summed E-state index contributed by atoms with van der Waals surface area (Å²) >= 11 is 0. The minimum atomic E-state index is -1.12. The molecule has 1 aromatic heterocycles. The summed E-state index contributed by atoms with van der Waals surface area (Å²) in [4.78, 5) is 25.9. The molecule has 25 heavy (non-hydrogen) atoms.